The number of rotatable bonds is 4. The van der Waals surface area contributed by atoms with Crippen LogP contribution in [0.1, 0.15) is 29.0 Å². The van der Waals surface area contributed by atoms with Crippen LogP contribution in [0.2, 0.25) is 0 Å². The molecule has 3 rings (SSSR count). The molecule has 1 aromatic heterocycles. The zero-order chi connectivity index (χ0) is 16.2. The van der Waals surface area contributed by atoms with E-state index in [0.717, 1.165) is 19.4 Å². The first-order chi connectivity index (χ1) is 11.1. The van der Waals surface area contributed by atoms with Crippen LogP contribution in [-0.2, 0) is 6.54 Å². The summed E-state index contributed by atoms with van der Waals surface area (Å²) in [4.78, 5) is 23.1. The minimum atomic E-state index is -0.328. The van der Waals surface area contributed by atoms with Gasteiger partial charge in [-0.2, -0.15) is 0 Å². The second-order valence-electron chi connectivity index (χ2n) is 5.84. The van der Waals surface area contributed by atoms with Crippen molar-refractivity contribution in [3.63, 3.8) is 0 Å². The number of hydrogen-bond acceptors (Lipinski definition) is 5. The summed E-state index contributed by atoms with van der Waals surface area (Å²) >= 11 is 0. The second kappa shape index (κ2) is 6.83. The van der Waals surface area contributed by atoms with E-state index in [1.165, 1.54) is 12.1 Å². The van der Waals surface area contributed by atoms with E-state index in [9.17, 15) is 9.18 Å². The van der Waals surface area contributed by atoms with Gasteiger partial charge in [0.15, 0.2) is 5.78 Å². The lowest BCUT2D eigenvalue weighted by Crippen LogP contribution is -2.38. The van der Waals surface area contributed by atoms with Crippen LogP contribution in [-0.4, -0.2) is 33.7 Å². The molecule has 1 aromatic carbocycles. The number of ketones is 1. The Morgan fingerprint density at radius 2 is 2.09 bits per heavy atom. The molecule has 1 fully saturated rings. The molecule has 2 N–H and O–H groups in total. The molecule has 1 unspecified atom stereocenters. The van der Waals surface area contributed by atoms with Crippen molar-refractivity contribution in [2.24, 2.45) is 5.92 Å². The maximum absolute atomic E-state index is 13.0. The zero-order valence-electron chi connectivity index (χ0n) is 12.8. The van der Waals surface area contributed by atoms with E-state index in [0.29, 0.717) is 30.3 Å². The Labute approximate surface area is 134 Å². The maximum Gasteiger partial charge on any atom is 0.167 e. The Balaban J connectivity index is 1.66. The van der Waals surface area contributed by atoms with Crippen molar-refractivity contribution in [1.82, 2.24) is 14.9 Å². The first-order valence-corrected chi connectivity index (χ1v) is 7.71. The lowest BCUT2D eigenvalue weighted by atomic mass is 9.90. The molecule has 0 aliphatic carbocycles. The highest BCUT2D eigenvalue weighted by Crippen LogP contribution is 2.22. The van der Waals surface area contributed by atoms with Gasteiger partial charge in [-0.15, -0.1) is 0 Å². The topological polar surface area (TPSA) is 72.1 Å². The van der Waals surface area contributed by atoms with E-state index >= 15 is 0 Å². The van der Waals surface area contributed by atoms with Crippen molar-refractivity contribution < 1.29 is 9.18 Å². The fraction of sp³-hybridized carbons (Fsp3) is 0.353. The fourth-order valence-electron chi connectivity index (χ4n) is 2.95. The Bertz CT molecular complexity index is 689. The van der Waals surface area contributed by atoms with Crippen LogP contribution in [0, 0.1) is 11.7 Å². The summed E-state index contributed by atoms with van der Waals surface area (Å²) in [6, 6.07) is 7.42. The lowest BCUT2D eigenvalue weighted by molar-refractivity contribution is 0.0808. The van der Waals surface area contributed by atoms with Gasteiger partial charge < -0.3 is 5.73 Å². The van der Waals surface area contributed by atoms with Crippen LogP contribution < -0.4 is 5.73 Å². The molecule has 5 nitrogen and oxygen atoms in total. The van der Waals surface area contributed by atoms with Gasteiger partial charge in [0.1, 0.15) is 17.5 Å². The number of likely N-dealkylation sites (tertiary alicyclic amines) is 1. The highest BCUT2D eigenvalue weighted by Gasteiger charge is 2.27. The van der Waals surface area contributed by atoms with E-state index < -0.39 is 0 Å². The third kappa shape index (κ3) is 3.90. The molecule has 2 heterocycles. The number of carbonyl (C=O) groups is 1. The predicted octanol–water partition coefficient (Wildman–Crippen LogP) is 2.29. The van der Waals surface area contributed by atoms with Crippen molar-refractivity contribution in [2.75, 3.05) is 18.8 Å². The lowest BCUT2D eigenvalue weighted by Gasteiger charge is -2.31. The molecule has 0 radical (unpaired) electrons. The SMILES string of the molecule is Nc1ccnc(CN2CCCC(C(=O)c3ccc(F)cc3)C2)n1. The third-order valence-electron chi connectivity index (χ3n) is 4.10. The number of nitrogens with two attached hydrogens (primary N) is 1. The van der Waals surface area contributed by atoms with Crippen molar-refractivity contribution in [1.29, 1.82) is 0 Å². The van der Waals surface area contributed by atoms with Crippen LogP contribution in [0.5, 0.6) is 0 Å². The largest absolute Gasteiger partial charge is 0.384 e. The standard InChI is InChI=1S/C17H19FN4O/c18-14-5-3-12(4-6-14)17(23)13-2-1-9-22(10-13)11-16-20-8-7-15(19)21-16/h3-8,13H,1-2,9-11H2,(H2,19,20,21). The van der Waals surface area contributed by atoms with Crippen molar-refractivity contribution in [3.8, 4) is 0 Å². The van der Waals surface area contributed by atoms with Gasteiger partial charge in [0.05, 0.1) is 6.54 Å². The molecule has 1 saturated heterocycles. The Hall–Kier alpha value is -2.34. The number of Topliss-reactive ketones (excluding diaryl/α,β-unsaturated/α-hetero) is 1. The number of nitrogen functional groups attached to an aromatic ring is 1. The second-order valence-corrected chi connectivity index (χ2v) is 5.84. The molecule has 23 heavy (non-hydrogen) atoms. The predicted molar refractivity (Wildman–Crippen MR) is 85.2 cm³/mol. The summed E-state index contributed by atoms with van der Waals surface area (Å²) in [6.07, 6.45) is 3.44. The molecule has 0 spiro atoms. The van der Waals surface area contributed by atoms with E-state index in [-0.39, 0.29) is 17.5 Å². The van der Waals surface area contributed by atoms with E-state index in [2.05, 4.69) is 14.9 Å². The summed E-state index contributed by atoms with van der Waals surface area (Å²) in [7, 11) is 0. The zero-order valence-corrected chi connectivity index (χ0v) is 12.8. The number of anilines is 1. The summed E-state index contributed by atoms with van der Waals surface area (Å²) < 4.78 is 13.0. The van der Waals surface area contributed by atoms with Gasteiger partial charge >= 0.3 is 0 Å². The number of halogens is 1. The Kier molecular flexibility index (Phi) is 4.62. The highest BCUT2D eigenvalue weighted by atomic mass is 19.1. The van der Waals surface area contributed by atoms with Crippen LogP contribution >= 0.6 is 0 Å². The Morgan fingerprint density at radius 3 is 2.83 bits per heavy atom. The van der Waals surface area contributed by atoms with Crippen LogP contribution in [0.15, 0.2) is 36.5 Å². The van der Waals surface area contributed by atoms with Gasteiger partial charge in [0.25, 0.3) is 0 Å². The van der Waals surface area contributed by atoms with Crippen LogP contribution in [0.3, 0.4) is 0 Å². The minimum absolute atomic E-state index is 0.0724. The van der Waals surface area contributed by atoms with Crippen molar-refractivity contribution in [3.05, 3.63) is 53.7 Å². The van der Waals surface area contributed by atoms with E-state index in [1.54, 1.807) is 24.4 Å². The van der Waals surface area contributed by atoms with Crippen molar-refractivity contribution in [2.45, 2.75) is 19.4 Å². The summed E-state index contributed by atoms with van der Waals surface area (Å²) in [5.41, 5.74) is 6.24. The number of benzene rings is 1. The molecular formula is C17H19FN4O. The van der Waals surface area contributed by atoms with E-state index in [4.69, 9.17) is 5.73 Å². The minimum Gasteiger partial charge on any atom is -0.384 e. The number of carbonyl (C=O) groups excluding carboxylic acids is 1. The molecule has 0 saturated carbocycles. The average Bonchev–Trinajstić information content (AvgIpc) is 2.55. The van der Waals surface area contributed by atoms with Gasteiger partial charge in [0, 0.05) is 24.2 Å². The van der Waals surface area contributed by atoms with Crippen molar-refractivity contribution >= 4 is 11.6 Å². The highest BCUT2D eigenvalue weighted by molar-refractivity contribution is 5.98. The van der Waals surface area contributed by atoms with Crippen LogP contribution in [0.4, 0.5) is 10.2 Å². The van der Waals surface area contributed by atoms with Gasteiger partial charge in [0.2, 0.25) is 0 Å². The number of piperidine rings is 1. The molecule has 1 atom stereocenters. The number of hydrogen-bond donors (Lipinski definition) is 1. The smallest absolute Gasteiger partial charge is 0.167 e. The van der Waals surface area contributed by atoms with Gasteiger partial charge in [-0.3, -0.25) is 9.69 Å². The monoisotopic (exact) mass is 314 g/mol. The first kappa shape index (κ1) is 15.6. The molecular weight excluding hydrogens is 295 g/mol. The molecule has 0 amide bonds. The maximum atomic E-state index is 13.0. The molecule has 120 valence electrons. The Morgan fingerprint density at radius 1 is 1.30 bits per heavy atom. The van der Waals surface area contributed by atoms with Crippen LogP contribution in [0.25, 0.3) is 0 Å². The quantitative estimate of drug-likeness (QED) is 0.877. The van der Waals surface area contributed by atoms with Gasteiger partial charge in [-0.25, -0.2) is 14.4 Å². The third-order valence-corrected chi connectivity index (χ3v) is 4.10. The van der Waals surface area contributed by atoms with Gasteiger partial charge in [-0.1, -0.05) is 0 Å². The van der Waals surface area contributed by atoms with E-state index in [1.807, 2.05) is 0 Å². The molecule has 1 aliphatic rings. The van der Waals surface area contributed by atoms with Gasteiger partial charge in [-0.05, 0) is 49.7 Å². The number of aromatic nitrogens is 2. The normalized spacial score (nSPS) is 18.7. The average molecular weight is 314 g/mol. The fourth-order valence-corrected chi connectivity index (χ4v) is 2.95. The first-order valence-electron chi connectivity index (χ1n) is 7.71. The number of nitrogens with zero attached hydrogens (tertiary/aromatic N) is 3. The summed E-state index contributed by atoms with van der Waals surface area (Å²) in [5.74, 6) is 0.787. The summed E-state index contributed by atoms with van der Waals surface area (Å²) in [5, 5.41) is 0. The molecule has 0 bridgehead atoms. The molecule has 6 heteroatoms. The summed E-state index contributed by atoms with van der Waals surface area (Å²) in [6.45, 7) is 2.15. The molecule has 1 aliphatic heterocycles. The molecule has 2 aromatic rings.